The zero-order valence-electron chi connectivity index (χ0n) is 13.7. The van der Waals surface area contributed by atoms with Gasteiger partial charge in [0.2, 0.25) is 5.91 Å². The van der Waals surface area contributed by atoms with Crippen LogP contribution in [0.3, 0.4) is 0 Å². The van der Waals surface area contributed by atoms with Gasteiger partial charge in [-0.25, -0.2) is 0 Å². The van der Waals surface area contributed by atoms with Crippen molar-refractivity contribution >= 4 is 33.4 Å². The second-order valence-electron chi connectivity index (χ2n) is 5.96. The van der Waals surface area contributed by atoms with Crippen LogP contribution < -0.4 is 4.90 Å². The molecule has 0 radical (unpaired) electrons. The number of piperazine rings is 1. The Morgan fingerprint density at radius 1 is 1.08 bits per heavy atom. The van der Waals surface area contributed by atoms with E-state index in [1.165, 1.54) is 0 Å². The molecule has 2 aromatic rings. The zero-order valence-corrected chi connectivity index (χ0v) is 15.3. The second-order valence-corrected chi connectivity index (χ2v) is 6.87. The maximum absolute atomic E-state index is 12.8. The summed E-state index contributed by atoms with van der Waals surface area (Å²) in [7, 11) is 0. The maximum atomic E-state index is 12.8. The Balaban J connectivity index is 1.81. The first-order chi connectivity index (χ1) is 11.5. The molecule has 0 spiro atoms. The number of carbonyl (C=O) groups is 2. The van der Waals surface area contributed by atoms with Gasteiger partial charge in [0.1, 0.15) is 6.04 Å². The predicted molar refractivity (Wildman–Crippen MR) is 98.2 cm³/mol. The van der Waals surface area contributed by atoms with Crippen molar-refractivity contribution in [2.24, 2.45) is 0 Å². The average molecular weight is 387 g/mol. The minimum absolute atomic E-state index is 0.0407. The van der Waals surface area contributed by atoms with E-state index in [1.807, 2.05) is 43.3 Å². The number of para-hydroxylation sites is 1. The van der Waals surface area contributed by atoms with Crippen LogP contribution in [-0.2, 0) is 4.79 Å². The van der Waals surface area contributed by atoms with Crippen molar-refractivity contribution in [3.63, 3.8) is 0 Å². The standard InChI is InChI=1S/C19H19BrN2O2/c1-13-5-3-4-6-17(13)22-12-11-21(14(2)18(22)23)19(24)15-7-9-16(20)10-8-15/h3-10,14H,11-12H2,1-2H3/t14-/m1/s1. The Morgan fingerprint density at radius 2 is 1.75 bits per heavy atom. The topological polar surface area (TPSA) is 40.6 Å². The van der Waals surface area contributed by atoms with Gasteiger partial charge >= 0.3 is 0 Å². The molecule has 1 atom stereocenters. The average Bonchev–Trinajstić information content (AvgIpc) is 2.58. The summed E-state index contributed by atoms with van der Waals surface area (Å²) in [4.78, 5) is 29.0. The van der Waals surface area contributed by atoms with Gasteiger partial charge in [-0.05, 0) is 49.7 Å². The lowest BCUT2D eigenvalue weighted by Gasteiger charge is -2.39. The summed E-state index contributed by atoms with van der Waals surface area (Å²) in [5.74, 6) is -0.145. The molecule has 124 valence electrons. The molecule has 24 heavy (non-hydrogen) atoms. The van der Waals surface area contributed by atoms with Crippen molar-refractivity contribution in [2.45, 2.75) is 19.9 Å². The van der Waals surface area contributed by atoms with Crippen molar-refractivity contribution in [3.8, 4) is 0 Å². The van der Waals surface area contributed by atoms with Crippen LogP contribution in [0.2, 0.25) is 0 Å². The highest BCUT2D eigenvalue weighted by atomic mass is 79.9. The third-order valence-electron chi connectivity index (χ3n) is 4.41. The van der Waals surface area contributed by atoms with Gasteiger partial charge < -0.3 is 9.80 Å². The quantitative estimate of drug-likeness (QED) is 0.790. The summed E-state index contributed by atoms with van der Waals surface area (Å²) in [6.45, 7) is 4.82. The van der Waals surface area contributed by atoms with Crippen LogP contribution in [0.4, 0.5) is 5.69 Å². The number of nitrogens with zero attached hydrogens (tertiary/aromatic N) is 2. The van der Waals surface area contributed by atoms with E-state index < -0.39 is 6.04 Å². The van der Waals surface area contributed by atoms with Crippen molar-refractivity contribution in [1.82, 2.24) is 4.90 Å². The van der Waals surface area contributed by atoms with Gasteiger partial charge in [-0.2, -0.15) is 0 Å². The third-order valence-corrected chi connectivity index (χ3v) is 4.94. The number of aryl methyl sites for hydroxylation is 1. The molecule has 4 nitrogen and oxygen atoms in total. The maximum Gasteiger partial charge on any atom is 0.254 e. The molecule has 0 saturated carbocycles. The monoisotopic (exact) mass is 386 g/mol. The Labute approximate surface area is 150 Å². The number of carbonyl (C=O) groups excluding carboxylic acids is 2. The summed E-state index contributed by atoms with van der Waals surface area (Å²) >= 11 is 3.37. The van der Waals surface area contributed by atoms with E-state index in [2.05, 4.69) is 15.9 Å². The van der Waals surface area contributed by atoms with Crippen LogP contribution in [0.25, 0.3) is 0 Å². The van der Waals surface area contributed by atoms with Crippen LogP contribution in [-0.4, -0.2) is 35.8 Å². The lowest BCUT2D eigenvalue weighted by atomic mass is 10.1. The molecule has 0 aromatic heterocycles. The van der Waals surface area contributed by atoms with Crippen molar-refractivity contribution in [1.29, 1.82) is 0 Å². The molecule has 1 aliphatic rings. The fourth-order valence-electron chi connectivity index (χ4n) is 3.01. The summed E-state index contributed by atoms with van der Waals surface area (Å²) in [5, 5.41) is 0. The van der Waals surface area contributed by atoms with Crippen LogP contribution in [0, 0.1) is 6.92 Å². The number of hydrogen-bond acceptors (Lipinski definition) is 2. The first-order valence-electron chi connectivity index (χ1n) is 7.92. The Hall–Kier alpha value is -2.14. The number of anilines is 1. The molecule has 0 bridgehead atoms. The van der Waals surface area contributed by atoms with Gasteiger partial charge in [0.25, 0.3) is 5.91 Å². The summed E-state index contributed by atoms with van der Waals surface area (Å²) in [5.41, 5.74) is 2.58. The lowest BCUT2D eigenvalue weighted by Crippen LogP contribution is -2.57. The van der Waals surface area contributed by atoms with Crippen molar-refractivity contribution in [2.75, 3.05) is 18.0 Å². The highest BCUT2D eigenvalue weighted by Gasteiger charge is 2.35. The van der Waals surface area contributed by atoms with E-state index >= 15 is 0 Å². The normalized spacial score (nSPS) is 18.0. The zero-order chi connectivity index (χ0) is 17.3. The highest BCUT2D eigenvalue weighted by Crippen LogP contribution is 2.25. The summed E-state index contributed by atoms with van der Waals surface area (Å²) < 4.78 is 0.924. The van der Waals surface area contributed by atoms with Crippen molar-refractivity contribution in [3.05, 3.63) is 64.1 Å². The largest absolute Gasteiger partial charge is 0.325 e. The van der Waals surface area contributed by atoms with Gasteiger partial charge in [0.15, 0.2) is 0 Å². The number of halogens is 1. The number of amides is 2. The molecule has 2 amide bonds. The first kappa shape index (κ1) is 16.7. The number of rotatable bonds is 2. The molecule has 1 fully saturated rings. The van der Waals surface area contributed by atoms with E-state index in [1.54, 1.807) is 28.9 Å². The van der Waals surface area contributed by atoms with Crippen LogP contribution >= 0.6 is 15.9 Å². The molecule has 0 aliphatic carbocycles. The van der Waals surface area contributed by atoms with Crippen LogP contribution in [0.1, 0.15) is 22.8 Å². The van der Waals surface area contributed by atoms with E-state index in [0.29, 0.717) is 18.7 Å². The smallest absolute Gasteiger partial charge is 0.254 e. The Bertz CT molecular complexity index is 773. The van der Waals surface area contributed by atoms with Gasteiger partial charge in [-0.3, -0.25) is 9.59 Å². The number of benzene rings is 2. The number of hydrogen-bond donors (Lipinski definition) is 0. The minimum Gasteiger partial charge on any atom is -0.325 e. The molecular formula is C19H19BrN2O2. The molecule has 5 heteroatoms. The van der Waals surface area contributed by atoms with E-state index in [4.69, 9.17) is 0 Å². The van der Waals surface area contributed by atoms with E-state index in [9.17, 15) is 9.59 Å². The predicted octanol–water partition coefficient (Wildman–Crippen LogP) is 3.64. The first-order valence-corrected chi connectivity index (χ1v) is 8.72. The second kappa shape index (κ2) is 6.77. The molecule has 3 rings (SSSR count). The van der Waals surface area contributed by atoms with Gasteiger partial charge in [0, 0.05) is 28.8 Å². The minimum atomic E-state index is -0.477. The summed E-state index contributed by atoms with van der Waals surface area (Å²) in [6, 6.07) is 14.6. The molecule has 1 saturated heterocycles. The fourth-order valence-corrected chi connectivity index (χ4v) is 3.28. The van der Waals surface area contributed by atoms with Crippen LogP contribution in [0.15, 0.2) is 53.0 Å². The van der Waals surface area contributed by atoms with Gasteiger partial charge in [-0.1, -0.05) is 34.1 Å². The molecular weight excluding hydrogens is 368 g/mol. The van der Waals surface area contributed by atoms with E-state index in [0.717, 1.165) is 15.7 Å². The lowest BCUT2D eigenvalue weighted by molar-refractivity contribution is -0.124. The molecule has 1 aliphatic heterocycles. The molecule has 2 aromatic carbocycles. The van der Waals surface area contributed by atoms with Crippen LogP contribution in [0.5, 0.6) is 0 Å². The molecule has 0 unspecified atom stereocenters. The SMILES string of the molecule is Cc1ccccc1N1CCN(C(=O)c2ccc(Br)cc2)[C@H](C)C1=O. The van der Waals surface area contributed by atoms with Crippen molar-refractivity contribution < 1.29 is 9.59 Å². The fraction of sp³-hybridized carbons (Fsp3) is 0.263. The van der Waals surface area contributed by atoms with Gasteiger partial charge in [0.05, 0.1) is 0 Å². The third kappa shape index (κ3) is 3.08. The van der Waals surface area contributed by atoms with E-state index in [-0.39, 0.29) is 11.8 Å². The molecule has 0 N–H and O–H groups in total. The highest BCUT2D eigenvalue weighted by molar-refractivity contribution is 9.10. The Kier molecular flexibility index (Phi) is 4.71. The summed E-state index contributed by atoms with van der Waals surface area (Å²) in [6.07, 6.45) is 0. The Morgan fingerprint density at radius 3 is 2.42 bits per heavy atom. The van der Waals surface area contributed by atoms with Gasteiger partial charge in [-0.15, -0.1) is 0 Å². The molecule has 1 heterocycles.